The second kappa shape index (κ2) is 8.14. The molecule has 0 aromatic carbocycles. The Kier molecular flexibility index (Phi) is 7.27. The van der Waals surface area contributed by atoms with E-state index in [1.54, 1.807) is 0 Å². The molecule has 3 N–H and O–H groups in total. The minimum atomic E-state index is -1.20. The zero-order valence-electron chi connectivity index (χ0n) is 11.4. The highest BCUT2D eigenvalue weighted by molar-refractivity contribution is 5.90. The second-order valence-electron chi connectivity index (χ2n) is 4.69. The van der Waals surface area contributed by atoms with Gasteiger partial charge in [-0.3, -0.25) is 9.59 Å². The minimum Gasteiger partial charge on any atom is -0.480 e. The fourth-order valence-corrected chi connectivity index (χ4v) is 1.54. The maximum atomic E-state index is 11.9. The standard InChI is InChI=1S/C13H20N2O4/c1-5-6-10(13(18)19)15-12(17)11(7-8(2)3)14-9(4)16/h1,8,10-11H,6-7H2,2-4H3,(H,14,16)(H,15,17)(H,18,19)/t10-,11-/m0/s1. The van der Waals surface area contributed by atoms with Crippen LogP contribution in [0.2, 0.25) is 0 Å². The van der Waals surface area contributed by atoms with Gasteiger partial charge in [0, 0.05) is 13.3 Å². The van der Waals surface area contributed by atoms with Crippen molar-refractivity contribution in [2.75, 3.05) is 0 Å². The molecule has 0 saturated carbocycles. The maximum absolute atomic E-state index is 11.9. The van der Waals surface area contributed by atoms with Crippen LogP contribution in [0.4, 0.5) is 0 Å². The lowest BCUT2D eigenvalue weighted by Crippen LogP contribution is -2.51. The highest BCUT2D eigenvalue weighted by Crippen LogP contribution is 2.06. The number of carbonyl (C=O) groups excluding carboxylic acids is 2. The van der Waals surface area contributed by atoms with Gasteiger partial charge in [-0.15, -0.1) is 12.3 Å². The molecule has 0 saturated heterocycles. The van der Waals surface area contributed by atoms with E-state index in [9.17, 15) is 14.4 Å². The lowest BCUT2D eigenvalue weighted by molar-refractivity contribution is -0.142. The number of rotatable bonds is 7. The van der Waals surface area contributed by atoms with Gasteiger partial charge in [0.2, 0.25) is 11.8 Å². The van der Waals surface area contributed by atoms with E-state index < -0.39 is 24.0 Å². The van der Waals surface area contributed by atoms with Gasteiger partial charge in [-0.1, -0.05) is 13.8 Å². The van der Waals surface area contributed by atoms with Gasteiger partial charge in [0.25, 0.3) is 0 Å². The van der Waals surface area contributed by atoms with Crippen LogP contribution in [-0.4, -0.2) is 35.0 Å². The average Bonchev–Trinajstić information content (AvgIpc) is 2.25. The molecule has 0 rings (SSSR count). The molecule has 0 bridgehead atoms. The Morgan fingerprint density at radius 1 is 1.21 bits per heavy atom. The number of nitrogens with one attached hydrogen (secondary N) is 2. The van der Waals surface area contributed by atoms with Crippen molar-refractivity contribution >= 4 is 17.8 Å². The Labute approximate surface area is 112 Å². The highest BCUT2D eigenvalue weighted by atomic mass is 16.4. The molecule has 0 aromatic rings. The van der Waals surface area contributed by atoms with Gasteiger partial charge in [0.05, 0.1) is 0 Å². The summed E-state index contributed by atoms with van der Waals surface area (Å²) in [5.74, 6) is 0.296. The SMILES string of the molecule is C#CC[C@H](NC(=O)[C@H](CC(C)C)NC(C)=O)C(=O)O. The summed E-state index contributed by atoms with van der Waals surface area (Å²) in [6.07, 6.45) is 5.37. The molecule has 0 aromatic heterocycles. The van der Waals surface area contributed by atoms with Crippen LogP contribution in [0, 0.1) is 18.3 Å². The molecule has 106 valence electrons. The van der Waals surface area contributed by atoms with Gasteiger partial charge < -0.3 is 15.7 Å². The fraction of sp³-hybridized carbons (Fsp3) is 0.615. The molecule has 0 radical (unpaired) electrons. The molecule has 2 atom stereocenters. The smallest absolute Gasteiger partial charge is 0.327 e. The normalized spacial score (nSPS) is 13.2. The quantitative estimate of drug-likeness (QED) is 0.572. The van der Waals surface area contributed by atoms with E-state index in [4.69, 9.17) is 11.5 Å². The van der Waals surface area contributed by atoms with Crippen LogP contribution in [0.5, 0.6) is 0 Å². The van der Waals surface area contributed by atoms with Crippen molar-refractivity contribution in [1.29, 1.82) is 0 Å². The number of carbonyl (C=O) groups is 3. The first kappa shape index (κ1) is 17.0. The van der Waals surface area contributed by atoms with Crippen LogP contribution in [0.3, 0.4) is 0 Å². The molecule has 0 unspecified atom stereocenters. The van der Waals surface area contributed by atoms with E-state index in [0.717, 1.165) is 0 Å². The Bertz CT molecular complexity index is 385. The lowest BCUT2D eigenvalue weighted by Gasteiger charge is -2.21. The average molecular weight is 268 g/mol. The van der Waals surface area contributed by atoms with Crippen LogP contribution in [-0.2, 0) is 14.4 Å². The van der Waals surface area contributed by atoms with Crippen LogP contribution >= 0.6 is 0 Å². The lowest BCUT2D eigenvalue weighted by atomic mass is 10.0. The van der Waals surface area contributed by atoms with Crippen LogP contribution < -0.4 is 10.6 Å². The van der Waals surface area contributed by atoms with Crippen LogP contribution in [0.1, 0.15) is 33.6 Å². The summed E-state index contributed by atoms with van der Waals surface area (Å²) >= 11 is 0. The molecule has 6 nitrogen and oxygen atoms in total. The molecule has 0 fully saturated rings. The molecule has 0 aliphatic heterocycles. The number of hydrogen-bond acceptors (Lipinski definition) is 3. The van der Waals surface area contributed by atoms with Crippen LogP contribution in [0.25, 0.3) is 0 Å². The number of hydrogen-bond donors (Lipinski definition) is 3. The van der Waals surface area contributed by atoms with Gasteiger partial charge in [-0.25, -0.2) is 4.79 Å². The first-order valence-electron chi connectivity index (χ1n) is 6.01. The van der Waals surface area contributed by atoms with E-state index in [0.29, 0.717) is 6.42 Å². The third-order valence-electron chi connectivity index (χ3n) is 2.34. The molecule has 0 heterocycles. The van der Waals surface area contributed by atoms with Crippen molar-refractivity contribution < 1.29 is 19.5 Å². The van der Waals surface area contributed by atoms with Crippen molar-refractivity contribution in [3.8, 4) is 12.3 Å². The Morgan fingerprint density at radius 3 is 2.16 bits per heavy atom. The van der Waals surface area contributed by atoms with E-state index in [-0.39, 0.29) is 18.2 Å². The highest BCUT2D eigenvalue weighted by Gasteiger charge is 2.25. The summed E-state index contributed by atoms with van der Waals surface area (Å²) < 4.78 is 0. The van der Waals surface area contributed by atoms with E-state index >= 15 is 0 Å². The molecule has 19 heavy (non-hydrogen) atoms. The summed E-state index contributed by atoms with van der Waals surface area (Å²) in [5.41, 5.74) is 0. The van der Waals surface area contributed by atoms with Crippen LogP contribution in [0.15, 0.2) is 0 Å². The van der Waals surface area contributed by atoms with Gasteiger partial charge in [-0.2, -0.15) is 0 Å². The van der Waals surface area contributed by atoms with Gasteiger partial charge in [0.15, 0.2) is 0 Å². The molecular formula is C13H20N2O4. The Hall–Kier alpha value is -2.03. The number of carboxylic acids is 1. The first-order chi connectivity index (χ1) is 8.77. The second-order valence-corrected chi connectivity index (χ2v) is 4.69. The molecule has 0 aliphatic rings. The predicted molar refractivity (Wildman–Crippen MR) is 70.1 cm³/mol. The van der Waals surface area contributed by atoms with Gasteiger partial charge in [0.1, 0.15) is 12.1 Å². The summed E-state index contributed by atoms with van der Waals surface area (Å²) in [7, 11) is 0. The molecule has 0 aliphatic carbocycles. The van der Waals surface area contributed by atoms with Crippen molar-refractivity contribution in [3.63, 3.8) is 0 Å². The van der Waals surface area contributed by atoms with Crippen molar-refractivity contribution in [1.82, 2.24) is 10.6 Å². The largest absolute Gasteiger partial charge is 0.480 e. The zero-order valence-corrected chi connectivity index (χ0v) is 11.4. The van der Waals surface area contributed by atoms with Gasteiger partial charge in [-0.05, 0) is 12.3 Å². The summed E-state index contributed by atoms with van der Waals surface area (Å²) in [5, 5.41) is 13.7. The van der Waals surface area contributed by atoms with Crippen molar-refractivity contribution in [2.45, 2.75) is 45.7 Å². The third kappa shape index (κ3) is 7.09. The molecule has 2 amide bonds. The maximum Gasteiger partial charge on any atom is 0.327 e. The molecular weight excluding hydrogens is 248 g/mol. The molecule has 0 spiro atoms. The predicted octanol–water partition coefficient (Wildman–Crippen LogP) is 0.130. The summed E-state index contributed by atoms with van der Waals surface area (Å²) in [6, 6.07) is -1.89. The Morgan fingerprint density at radius 2 is 1.79 bits per heavy atom. The van der Waals surface area contributed by atoms with Crippen molar-refractivity contribution in [3.05, 3.63) is 0 Å². The third-order valence-corrected chi connectivity index (χ3v) is 2.34. The topological polar surface area (TPSA) is 95.5 Å². The summed E-state index contributed by atoms with van der Waals surface area (Å²) in [4.78, 5) is 33.9. The number of amides is 2. The van der Waals surface area contributed by atoms with E-state index in [1.807, 2.05) is 13.8 Å². The summed E-state index contributed by atoms with van der Waals surface area (Å²) in [6.45, 7) is 5.10. The number of carboxylic acid groups (broad SMARTS) is 1. The Balaban J connectivity index is 4.74. The fourth-order valence-electron chi connectivity index (χ4n) is 1.54. The van der Waals surface area contributed by atoms with Crippen molar-refractivity contribution in [2.24, 2.45) is 5.92 Å². The number of terminal acetylenes is 1. The van der Waals surface area contributed by atoms with Gasteiger partial charge >= 0.3 is 5.97 Å². The number of aliphatic carboxylic acids is 1. The zero-order chi connectivity index (χ0) is 15.0. The molecule has 6 heteroatoms. The first-order valence-corrected chi connectivity index (χ1v) is 6.01. The van der Waals surface area contributed by atoms with E-state index in [1.165, 1.54) is 6.92 Å². The monoisotopic (exact) mass is 268 g/mol. The minimum absolute atomic E-state index is 0.102. The van der Waals surface area contributed by atoms with E-state index in [2.05, 4.69) is 16.6 Å².